The van der Waals surface area contributed by atoms with Gasteiger partial charge in [-0.05, 0) is 31.1 Å². The molecular weight excluding hydrogens is 172 g/mol. The molecule has 0 rings (SSSR count). The Balaban J connectivity index is 3.81. The monoisotopic (exact) mass is 200 g/mol. The van der Waals surface area contributed by atoms with E-state index in [1.54, 1.807) is 0 Å². The standard InChI is InChI=1S/C13H28O/c1-5-7-12(9-11(3)4)10-13(14)8-6-2/h11-14H,5-10H2,1-4H3. The van der Waals surface area contributed by atoms with Gasteiger partial charge < -0.3 is 5.11 Å². The smallest absolute Gasteiger partial charge is 0.0542 e. The summed E-state index contributed by atoms with van der Waals surface area (Å²) in [6, 6.07) is 0. The van der Waals surface area contributed by atoms with Crippen LogP contribution in [0.3, 0.4) is 0 Å². The molecule has 1 N–H and O–H groups in total. The summed E-state index contributed by atoms with van der Waals surface area (Å²) in [4.78, 5) is 0. The van der Waals surface area contributed by atoms with Crippen molar-refractivity contribution in [3.05, 3.63) is 0 Å². The highest BCUT2D eigenvalue weighted by Gasteiger charge is 2.14. The van der Waals surface area contributed by atoms with Gasteiger partial charge in [0.15, 0.2) is 0 Å². The van der Waals surface area contributed by atoms with Crippen LogP contribution in [0.5, 0.6) is 0 Å². The number of aliphatic hydroxyl groups is 1. The lowest BCUT2D eigenvalue weighted by molar-refractivity contribution is 0.123. The van der Waals surface area contributed by atoms with Crippen molar-refractivity contribution < 1.29 is 5.11 Å². The van der Waals surface area contributed by atoms with Crippen LogP contribution < -0.4 is 0 Å². The van der Waals surface area contributed by atoms with Crippen molar-refractivity contribution >= 4 is 0 Å². The van der Waals surface area contributed by atoms with Crippen LogP contribution in [0.15, 0.2) is 0 Å². The average molecular weight is 200 g/mol. The molecule has 0 aromatic carbocycles. The molecule has 0 aliphatic carbocycles. The summed E-state index contributed by atoms with van der Waals surface area (Å²) < 4.78 is 0. The number of rotatable bonds is 8. The molecule has 2 unspecified atom stereocenters. The second-order valence-corrected chi connectivity index (χ2v) is 4.96. The first-order valence-electron chi connectivity index (χ1n) is 6.28. The van der Waals surface area contributed by atoms with Crippen molar-refractivity contribution in [3.63, 3.8) is 0 Å². The maximum absolute atomic E-state index is 9.76. The fourth-order valence-corrected chi connectivity index (χ4v) is 2.24. The van der Waals surface area contributed by atoms with Gasteiger partial charge >= 0.3 is 0 Å². The first kappa shape index (κ1) is 14.0. The minimum atomic E-state index is -0.0599. The predicted molar refractivity (Wildman–Crippen MR) is 63.4 cm³/mol. The van der Waals surface area contributed by atoms with Gasteiger partial charge in [-0.3, -0.25) is 0 Å². The molecule has 0 aromatic rings. The molecule has 0 radical (unpaired) electrons. The summed E-state index contributed by atoms with van der Waals surface area (Å²) >= 11 is 0. The van der Waals surface area contributed by atoms with E-state index in [1.165, 1.54) is 19.3 Å². The molecule has 1 heteroatoms. The van der Waals surface area contributed by atoms with Crippen LogP contribution >= 0.6 is 0 Å². The van der Waals surface area contributed by atoms with E-state index in [0.717, 1.165) is 31.1 Å². The zero-order valence-corrected chi connectivity index (χ0v) is 10.4. The Morgan fingerprint density at radius 2 is 1.50 bits per heavy atom. The van der Waals surface area contributed by atoms with E-state index >= 15 is 0 Å². The highest BCUT2D eigenvalue weighted by atomic mass is 16.3. The summed E-state index contributed by atoms with van der Waals surface area (Å²) in [7, 11) is 0. The van der Waals surface area contributed by atoms with Gasteiger partial charge in [0.25, 0.3) is 0 Å². The molecule has 0 aromatic heterocycles. The van der Waals surface area contributed by atoms with Crippen LogP contribution in [0.25, 0.3) is 0 Å². The van der Waals surface area contributed by atoms with Crippen LogP contribution in [0.1, 0.15) is 66.2 Å². The van der Waals surface area contributed by atoms with Crippen molar-refractivity contribution in [2.24, 2.45) is 11.8 Å². The first-order chi connectivity index (χ1) is 6.60. The fourth-order valence-electron chi connectivity index (χ4n) is 2.24. The highest BCUT2D eigenvalue weighted by molar-refractivity contribution is 4.66. The van der Waals surface area contributed by atoms with E-state index in [2.05, 4.69) is 27.7 Å². The summed E-state index contributed by atoms with van der Waals surface area (Å²) in [6.45, 7) is 8.92. The third kappa shape index (κ3) is 7.37. The lowest BCUT2D eigenvalue weighted by Crippen LogP contribution is -2.15. The topological polar surface area (TPSA) is 20.2 Å². The lowest BCUT2D eigenvalue weighted by Gasteiger charge is -2.21. The molecule has 1 nitrogen and oxygen atoms in total. The zero-order chi connectivity index (χ0) is 11.0. The minimum Gasteiger partial charge on any atom is -0.393 e. The lowest BCUT2D eigenvalue weighted by atomic mass is 9.87. The second-order valence-electron chi connectivity index (χ2n) is 4.96. The number of aliphatic hydroxyl groups excluding tert-OH is 1. The molecule has 2 atom stereocenters. The van der Waals surface area contributed by atoms with Crippen molar-refractivity contribution in [2.45, 2.75) is 72.3 Å². The highest BCUT2D eigenvalue weighted by Crippen LogP contribution is 2.23. The molecule has 14 heavy (non-hydrogen) atoms. The average Bonchev–Trinajstić information content (AvgIpc) is 2.03. The maximum Gasteiger partial charge on any atom is 0.0542 e. The molecule has 0 saturated carbocycles. The SMILES string of the molecule is CCCC(O)CC(CCC)CC(C)C. The van der Waals surface area contributed by atoms with E-state index in [-0.39, 0.29) is 6.10 Å². The molecule has 0 saturated heterocycles. The first-order valence-corrected chi connectivity index (χ1v) is 6.28. The van der Waals surface area contributed by atoms with E-state index in [9.17, 15) is 5.11 Å². The van der Waals surface area contributed by atoms with Crippen molar-refractivity contribution in [3.8, 4) is 0 Å². The Bertz CT molecular complexity index is 120. The third-order valence-electron chi connectivity index (χ3n) is 2.73. The van der Waals surface area contributed by atoms with Gasteiger partial charge in [0.1, 0.15) is 0 Å². The van der Waals surface area contributed by atoms with E-state index in [4.69, 9.17) is 0 Å². The summed E-state index contributed by atoms with van der Waals surface area (Å²) in [6.07, 6.45) is 6.82. The van der Waals surface area contributed by atoms with Gasteiger partial charge in [0, 0.05) is 0 Å². The van der Waals surface area contributed by atoms with Gasteiger partial charge in [0.05, 0.1) is 6.10 Å². The normalized spacial score (nSPS) is 15.9. The molecule has 86 valence electrons. The van der Waals surface area contributed by atoms with Gasteiger partial charge in [-0.1, -0.05) is 47.0 Å². The Hall–Kier alpha value is -0.0400. The van der Waals surface area contributed by atoms with Gasteiger partial charge in [0.2, 0.25) is 0 Å². The van der Waals surface area contributed by atoms with Crippen molar-refractivity contribution in [1.82, 2.24) is 0 Å². The number of hydrogen-bond donors (Lipinski definition) is 1. The third-order valence-corrected chi connectivity index (χ3v) is 2.73. The molecule has 0 spiro atoms. The molecular formula is C13H28O. The molecule has 0 fully saturated rings. The number of hydrogen-bond acceptors (Lipinski definition) is 1. The molecule has 0 heterocycles. The summed E-state index contributed by atoms with van der Waals surface area (Å²) in [5.41, 5.74) is 0. The zero-order valence-electron chi connectivity index (χ0n) is 10.4. The van der Waals surface area contributed by atoms with Crippen molar-refractivity contribution in [1.29, 1.82) is 0 Å². The van der Waals surface area contributed by atoms with Crippen LogP contribution in [0, 0.1) is 11.8 Å². The van der Waals surface area contributed by atoms with E-state index in [0.29, 0.717) is 0 Å². The van der Waals surface area contributed by atoms with Crippen LogP contribution in [-0.4, -0.2) is 11.2 Å². The Morgan fingerprint density at radius 3 is 1.93 bits per heavy atom. The molecule has 0 amide bonds. The predicted octanol–water partition coefficient (Wildman–Crippen LogP) is 4.00. The minimum absolute atomic E-state index is 0.0599. The van der Waals surface area contributed by atoms with Crippen LogP contribution in [0.2, 0.25) is 0 Å². The van der Waals surface area contributed by atoms with Crippen LogP contribution in [-0.2, 0) is 0 Å². The van der Waals surface area contributed by atoms with Gasteiger partial charge in [-0.15, -0.1) is 0 Å². The Kier molecular flexibility index (Phi) is 8.26. The van der Waals surface area contributed by atoms with Gasteiger partial charge in [-0.25, -0.2) is 0 Å². The fraction of sp³-hybridized carbons (Fsp3) is 1.00. The Labute approximate surface area is 89.9 Å². The van der Waals surface area contributed by atoms with Crippen LogP contribution in [0.4, 0.5) is 0 Å². The summed E-state index contributed by atoms with van der Waals surface area (Å²) in [5.74, 6) is 1.50. The molecule has 0 bridgehead atoms. The largest absolute Gasteiger partial charge is 0.393 e. The van der Waals surface area contributed by atoms with Gasteiger partial charge in [-0.2, -0.15) is 0 Å². The van der Waals surface area contributed by atoms with Crippen molar-refractivity contribution in [2.75, 3.05) is 0 Å². The van der Waals surface area contributed by atoms with E-state index < -0.39 is 0 Å². The van der Waals surface area contributed by atoms with E-state index in [1.807, 2.05) is 0 Å². The second kappa shape index (κ2) is 8.28. The molecule has 0 aliphatic rings. The quantitative estimate of drug-likeness (QED) is 0.628. The summed E-state index contributed by atoms with van der Waals surface area (Å²) in [5, 5.41) is 9.76. The Morgan fingerprint density at radius 1 is 0.929 bits per heavy atom. The molecule has 0 aliphatic heterocycles. The maximum atomic E-state index is 9.76.